The SMILES string of the molecule is CCSC1CCCCC1NC(=O)C1CCCC(C(=O)O)C1. The van der Waals surface area contributed by atoms with Crippen molar-refractivity contribution in [3.8, 4) is 0 Å². The fourth-order valence-electron chi connectivity index (χ4n) is 3.63. The van der Waals surface area contributed by atoms with Gasteiger partial charge in [-0.25, -0.2) is 0 Å². The van der Waals surface area contributed by atoms with Gasteiger partial charge in [0.2, 0.25) is 5.91 Å². The maximum Gasteiger partial charge on any atom is 0.306 e. The van der Waals surface area contributed by atoms with Crippen LogP contribution in [0.2, 0.25) is 0 Å². The fraction of sp³-hybridized carbons (Fsp3) is 0.875. The highest BCUT2D eigenvalue weighted by Crippen LogP contribution is 2.32. The number of carbonyl (C=O) groups excluding carboxylic acids is 1. The maximum atomic E-state index is 12.5. The van der Waals surface area contributed by atoms with Crippen molar-refractivity contribution in [2.45, 2.75) is 69.6 Å². The summed E-state index contributed by atoms with van der Waals surface area (Å²) in [4.78, 5) is 23.6. The Labute approximate surface area is 131 Å². The Morgan fingerprint density at radius 1 is 1.10 bits per heavy atom. The minimum atomic E-state index is -0.746. The molecule has 4 unspecified atom stereocenters. The zero-order valence-corrected chi connectivity index (χ0v) is 13.7. The van der Waals surface area contributed by atoms with Gasteiger partial charge in [0, 0.05) is 17.2 Å². The van der Waals surface area contributed by atoms with Crippen LogP contribution in [0, 0.1) is 11.8 Å². The Morgan fingerprint density at radius 2 is 1.81 bits per heavy atom. The Morgan fingerprint density at radius 3 is 2.52 bits per heavy atom. The molecule has 120 valence electrons. The molecule has 5 heteroatoms. The Hall–Kier alpha value is -0.710. The smallest absolute Gasteiger partial charge is 0.306 e. The van der Waals surface area contributed by atoms with Crippen molar-refractivity contribution < 1.29 is 14.7 Å². The van der Waals surface area contributed by atoms with E-state index in [0.29, 0.717) is 11.7 Å². The molecule has 0 aromatic rings. The number of carbonyl (C=O) groups is 2. The Kier molecular flexibility index (Phi) is 6.40. The van der Waals surface area contributed by atoms with E-state index in [1.165, 1.54) is 19.3 Å². The van der Waals surface area contributed by atoms with Crippen molar-refractivity contribution in [2.24, 2.45) is 11.8 Å². The number of thioether (sulfide) groups is 1. The highest BCUT2D eigenvalue weighted by atomic mass is 32.2. The van der Waals surface area contributed by atoms with Crippen molar-refractivity contribution in [3.63, 3.8) is 0 Å². The normalized spacial score (nSPS) is 33.4. The summed E-state index contributed by atoms with van der Waals surface area (Å²) in [7, 11) is 0. The van der Waals surface area contributed by atoms with Gasteiger partial charge in [-0.1, -0.05) is 26.2 Å². The third-order valence-electron chi connectivity index (χ3n) is 4.81. The largest absolute Gasteiger partial charge is 0.481 e. The molecule has 0 spiro atoms. The number of amides is 1. The monoisotopic (exact) mass is 313 g/mol. The summed E-state index contributed by atoms with van der Waals surface area (Å²) in [5.41, 5.74) is 0. The molecule has 4 atom stereocenters. The lowest BCUT2D eigenvalue weighted by Crippen LogP contribution is -2.47. The predicted octanol–water partition coefficient (Wildman–Crippen LogP) is 3.06. The lowest BCUT2D eigenvalue weighted by Gasteiger charge is -2.34. The van der Waals surface area contributed by atoms with E-state index >= 15 is 0 Å². The van der Waals surface area contributed by atoms with Crippen molar-refractivity contribution in [3.05, 3.63) is 0 Å². The van der Waals surface area contributed by atoms with Crippen molar-refractivity contribution in [1.29, 1.82) is 0 Å². The van der Waals surface area contributed by atoms with Crippen LogP contribution in [0.3, 0.4) is 0 Å². The molecule has 0 aromatic carbocycles. The van der Waals surface area contributed by atoms with E-state index in [-0.39, 0.29) is 23.8 Å². The molecule has 2 N–H and O–H groups in total. The number of hydrogen-bond donors (Lipinski definition) is 2. The third-order valence-corrected chi connectivity index (χ3v) is 6.13. The van der Waals surface area contributed by atoms with Gasteiger partial charge >= 0.3 is 5.97 Å². The van der Waals surface area contributed by atoms with Gasteiger partial charge in [0.05, 0.1) is 5.92 Å². The summed E-state index contributed by atoms with van der Waals surface area (Å²) in [6.07, 6.45) is 7.63. The van der Waals surface area contributed by atoms with E-state index in [9.17, 15) is 9.59 Å². The van der Waals surface area contributed by atoms with Gasteiger partial charge in [-0.05, 0) is 37.9 Å². The standard InChI is InChI=1S/C16H27NO3S/c1-2-21-14-9-4-3-8-13(14)17-15(18)11-6-5-7-12(10-11)16(19)20/h11-14H,2-10H2,1H3,(H,17,18)(H,19,20). The van der Waals surface area contributed by atoms with Crippen LogP contribution in [0.25, 0.3) is 0 Å². The second-order valence-corrected chi connectivity index (χ2v) is 7.81. The molecular weight excluding hydrogens is 286 g/mol. The summed E-state index contributed by atoms with van der Waals surface area (Å²) in [6.45, 7) is 2.16. The second-order valence-electron chi connectivity index (χ2n) is 6.29. The zero-order valence-electron chi connectivity index (χ0n) is 12.8. The van der Waals surface area contributed by atoms with Gasteiger partial charge in [0.25, 0.3) is 0 Å². The average Bonchev–Trinajstić information content (AvgIpc) is 2.49. The first-order valence-corrected chi connectivity index (χ1v) is 9.31. The van der Waals surface area contributed by atoms with E-state index in [0.717, 1.165) is 31.4 Å². The van der Waals surface area contributed by atoms with Crippen molar-refractivity contribution >= 4 is 23.6 Å². The van der Waals surface area contributed by atoms with E-state index < -0.39 is 5.97 Å². The van der Waals surface area contributed by atoms with Gasteiger partial charge in [-0.15, -0.1) is 0 Å². The number of carboxylic acids is 1. The zero-order chi connectivity index (χ0) is 15.2. The van der Waals surface area contributed by atoms with Crippen LogP contribution < -0.4 is 5.32 Å². The van der Waals surface area contributed by atoms with Crippen LogP contribution in [0.15, 0.2) is 0 Å². The number of rotatable bonds is 5. The second kappa shape index (κ2) is 8.06. The lowest BCUT2D eigenvalue weighted by molar-refractivity contribution is -0.144. The first-order valence-electron chi connectivity index (χ1n) is 8.26. The Balaban J connectivity index is 1.88. The topological polar surface area (TPSA) is 66.4 Å². The van der Waals surface area contributed by atoms with E-state index in [2.05, 4.69) is 12.2 Å². The van der Waals surface area contributed by atoms with Crippen LogP contribution >= 0.6 is 11.8 Å². The van der Waals surface area contributed by atoms with E-state index in [4.69, 9.17) is 5.11 Å². The van der Waals surface area contributed by atoms with Gasteiger partial charge in [0.15, 0.2) is 0 Å². The molecule has 4 nitrogen and oxygen atoms in total. The van der Waals surface area contributed by atoms with Crippen LogP contribution in [-0.2, 0) is 9.59 Å². The van der Waals surface area contributed by atoms with E-state index in [1.807, 2.05) is 11.8 Å². The first-order chi connectivity index (χ1) is 10.1. The molecule has 2 aliphatic carbocycles. The maximum absolute atomic E-state index is 12.5. The molecular formula is C16H27NO3S. The molecule has 0 saturated heterocycles. The number of carboxylic acid groups (broad SMARTS) is 1. The van der Waals surface area contributed by atoms with Crippen LogP contribution in [0.1, 0.15) is 58.3 Å². The summed E-state index contributed by atoms with van der Waals surface area (Å²) in [6, 6.07) is 0.279. The molecule has 2 fully saturated rings. The highest BCUT2D eigenvalue weighted by molar-refractivity contribution is 7.99. The number of nitrogens with one attached hydrogen (secondary N) is 1. The molecule has 1 amide bonds. The van der Waals surface area contributed by atoms with Crippen LogP contribution in [-0.4, -0.2) is 34.0 Å². The highest BCUT2D eigenvalue weighted by Gasteiger charge is 2.33. The van der Waals surface area contributed by atoms with Gasteiger partial charge in [0.1, 0.15) is 0 Å². The molecule has 21 heavy (non-hydrogen) atoms. The Bertz CT molecular complexity index is 373. The fourth-order valence-corrected chi connectivity index (χ4v) is 4.83. The molecule has 0 radical (unpaired) electrons. The average molecular weight is 313 g/mol. The van der Waals surface area contributed by atoms with E-state index in [1.54, 1.807) is 0 Å². The molecule has 2 saturated carbocycles. The molecule has 2 rings (SSSR count). The van der Waals surface area contributed by atoms with Crippen LogP contribution in [0.4, 0.5) is 0 Å². The minimum absolute atomic E-state index is 0.0922. The van der Waals surface area contributed by atoms with Crippen molar-refractivity contribution in [1.82, 2.24) is 5.32 Å². The third kappa shape index (κ3) is 4.63. The first kappa shape index (κ1) is 16.7. The molecule has 0 aliphatic heterocycles. The lowest BCUT2D eigenvalue weighted by atomic mass is 9.80. The minimum Gasteiger partial charge on any atom is -0.481 e. The van der Waals surface area contributed by atoms with Gasteiger partial charge in [-0.3, -0.25) is 9.59 Å². The summed E-state index contributed by atoms with van der Waals surface area (Å²) in [5, 5.41) is 12.9. The molecule has 2 aliphatic rings. The summed E-state index contributed by atoms with van der Waals surface area (Å²) < 4.78 is 0. The predicted molar refractivity (Wildman–Crippen MR) is 85.4 cm³/mol. The quantitative estimate of drug-likeness (QED) is 0.818. The molecule has 0 heterocycles. The van der Waals surface area contributed by atoms with Gasteiger partial charge in [-0.2, -0.15) is 11.8 Å². The van der Waals surface area contributed by atoms with Crippen LogP contribution in [0.5, 0.6) is 0 Å². The van der Waals surface area contributed by atoms with Crippen molar-refractivity contribution in [2.75, 3.05) is 5.75 Å². The summed E-state index contributed by atoms with van der Waals surface area (Å²) >= 11 is 1.95. The van der Waals surface area contributed by atoms with Gasteiger partial charge < -0.3 is 10.4 Å². The molecule has 0 aromatic heterocycles. The number of aliphatic carboxylic acids is 1. The summed E-state index contributed by atoms with van der Waals surface area (Å²) in [5.74, 6) is -0.00322. The molecule has 0 bridgehead atoms. The number of hydrogen-bond acceptors (Lipinski definition) is 3.